The molecule has 1 fully saturated rings. The van der Waals surface area contributed by atoms with Gasteiger partial charge in [0.05, 0.1) is 10.0 Å². The number of likely N-dealkylation sites (tertiary alicyclic amines) is 1. The van der Waals surface area contributed by atoms with Crippen molar-refractivity contribution in [1.29, 1.82) is 0 Å². The van der Waals surface area contributed by atoms with Crippen molar-refractivity contribution in [2.75, 3.05) is 13.1 Å². The molecule has 5 heteroatoms. The highest BCUT2D eigenvalue weighted by Crippen LogP contribution is 2.26. The molecular formula is C13H16BrFN2O. The first kappa shape index (κ1) is 13.5. The lowest BCUT2D eigenvalue weighted by atomic mass is 10.1. The van der Waals surface area contributed by atoms with Crippen molar-refractivity contribution in [3.8, 4) is 0 Å². The van der Waals surface area contributed by atoms with Gasteiger partial charge in [-0.15, -0.1) is 0 Å². The number of amides is 1. The van der Waals surface area contributed by atoms with Crippen LogP contribution in [0.15, 0.2) is 22.7 Å². The van der Waals surface area contributed by atoms with Crippen LogP contribution in [-0.4, -0.2) is 29.9 Å². The molecule has 0 bridgehead atoms. The molecule has 1 aliphatic heterocycles. The lowest BCUT2D eigenvalue weighted by Gasteiger charge is -2.22. The SMILES string of the molecule is CC1CC(CN)CN1C(=O)c1cccc(Br)c1F. The Labute approximate surface area is 114 Å². The number of hydrogen-bond donors (Lipinski definition) is 1. The second kappa shape index (κ2) is 5.36. The fourth-order valence-corrected chi connectivity index (χ4v) is 2.79. The van der Waals surface area contributed by atoms with Crippen LogP contribution >= 0.6 is 15.9 Å². The van der Waals surface area contributed by atoms with Crippen LogP contribution in [0.5, 0.6) is 0 Å². The third kappa shape index (κ3) is 2.42. The molecule has 2 unspecified atom stereocenters. The minimum Gasteiger partial charge on any atom is -0.336 e. The van der Waals surface area contributed by atoms with E-state index < -0.39 is 5.82 Å². The quantitative estimate of drug-likeness (QED) is 0.911. The summed E-state index contributed by atoms with van der Waals surface area (Å²) in [6.45, 7) is 3.15. The van der Waals surface area contributed by atoms with Crippen LogP contribution in [0.3, 0.4) is 0 Å². The number of carbonyl (C=O) groups excluding carboxylic acids is 1. The van der Waals surface area contributed by atoms with Crippen LogP contribution in [-0.2, 0) is 0 Å². The van der Waals surface area contributed by atoms with E-state index in [1.54, 1.807) is 17.0 Å². The first-order valence-electron chi connectivity index (χ1n) is 5.99. The maximum atomic E-state index is 13.9. The highest BCUT2D eigenvalue weighted by atomic mass is 79.9. The van der Waals surface area contributed by atoms with Gasteiger partial charge in [0.15, 0.2) is 0 Å². The van der Waals surface area contributed by atoms with Gasteiger partial charge in [-0.3, -0.25) is 4.79 Å². The Hall–Kier alpha value is -0.940. The molecule has 2 rings (SSSR count). The van der Waals surface area contributed by atoms with Crippen LogP contribution in [0.4, 0.5) is 4.39 Å². The van der Waals surface area contributed by atoms with Crippen LogP contribution in [0.2, 0.25) is 0 Å². The van der Waals surface area contributed by atoms with Gasteiger partial charge in [-0.25, -0.2) is 4.39 Å². The number of halogens is 2. The van der Waals surface area contributed by atoms with Crippen molar-refractivity contribution in [3.63, 3.8) is 0 Å². The van der Waals surface area contributed by atoms with Crippen molar-refractivity contribution in [1.82, 2.24) is 4.90 Å². The van der Waals surface area contributed by atoms with E-state index in [2.05, 4.69) is 15.9 Å². The zero-order valence-electron chi connectivity index (χ0n) is 10.2. The summed E-state index contributed by atoms with van der Waals surface area (Å²) >= 11 is 3.10. The van der Waals surface area contributed by atoms with Crippen molar-refractivity contribution in [2.24, 2.45) is 11.7 Å². The first-order valence-corrected chi connectivity index (χ1v) is 6.79. The molecule has 1 heterocycles. The Balaban J connectivity index is 2.24. The lowest BCUT2D eigenvalue weighted by Crippen LogP contribution is -2.35. The largest absolute Gasteiger partial charge is 0.336 e. The van der Waals surface area contributed by atoms with Gasteiger partial charge >= 0.3 is 0 Å². The highest BCUT2D eigenvalue weighted by Gasteiger charge is 2.33. The highest BCUT2D eigenvalue weighted by molar-refractivity contribution is 9.10. The predicted molar refractivity (Wildman–Crippen MR) is 71.8 cm³/mol. The standard InChI is InChI=1S/C13H16BrFN2O/c1-8-5-9(6-16)7-17(8)13(18)10-3-2-4-11(14)12(10)15/h2-4,8-9H,5-7,16H2,1H3. The van der Waals surface area contributed by atoms with Crippen molar-refractivity contribution in [3.05, 3.63) is 34.1 Å². The van der Waals surface area contributed by atoms with E-state index in [0.717, 1.165) is 6.42 Å². The molecule has 1 amide bonds. The van der Waals surface area contributed by atoms with Crippen molar-refractivity contribution in [2.45, 2.75) is 19.4 Å². The van der Waals surface area contributed by atoms with E-state index in [-0.39, 0.29) is 17.5 Å². The van der Waals surface area contributed by atoms with Gasteiger partial charge in [-0.2, -0.15) is 0 Å². The van der Waals surface area contributed by atoms with Gasteiger partial charge < -0.3 is 10.6 Å². The Morgan fingerprint density at radius 3 is 2.94 bits per heavy atom. The molecule has 0 aromatic heterocycles. The summed E-state index contributed by atoms with van der Waals surface area (Å²) in [7, 11) is 0. The first-order chi connectivity index (χ1) is 8.54. The lowest BCUT2D eigenvalue weighted by molar-refractivity contribution is 0.0738. The summed E-state index contributed by atoms with van der Waals surface area (Å²) in [5.74, 6) is -0.428. The average Bonchev–Trinajstić information content (AvgIpc) is 2.73. The number of carbonyl (C=O) groups is 1. The molecular weight excluding hydrogens is 299 g/mol. The third-order valence-electron chi connectivity index (χ3n) is 3.44. The summed E-state index contributed by atoms with van der Waals surface area (Å²) < 4.78 is 14.2. The molecule has 1 aliphatic rings. The zero-order chi connectivity index (χ0) is 13.3. The number of nitrogens with two attached hydrogens (primary N) is 1. The normalized spacial score (nSPS) is 23.4. The second-order valence-corrected chi connectivity index (χ2v) is 5.60. The number of hydrogen-bond acceptors (Lipinski definition) is 2. The van der Waals surface area contributed by atoms with Crippen LogP contribution in [0, 0.1) is 11.7 Å². The molecule has 2 atom stereocenters. The summed E-state index contributed by atoms with van der Waals surface area (Å²) in [6, 6.07) is 4.89. The molecule has 18 heavy (non-hydrogen) atoms. The van der Waals surface area contributed by atoms with Gasteiger partial charge in [0.25, 0.3) is 5.91 Å². The number of rotatable bonds is 2. The summed E-state index contributed by atoms with van der Waals surface area (Å²) in [5, 5.41) is 0. The zero-order valence-corrected chi connectivity index (χ0v) is 11.8. The Bertz CT molecular complexity index is 466. The average molecular weight is 315 g/mol. The maximum absolute atomic E-state index is 13.9. The monoisotopic (exact) mass is 314 g/mol. The Morgan fingerprint density at radius 1 is 1.61 bits per heavy atom. The Morgan fingerprint density at radius 2 is 2.33 bits per heavy atom. The predicted octanol–water partition coefficient (Wildman–Crippen LogP) is 2.40. The minimum absolute atomic E-state index is 0.115. The maximum Gasteiger partial charge on any atom is 0.257 e. The molecule has 98 valence electrons. The molecule has 1 saturated heterocycles. The number of nitrogens with zero attached hydrogens (tertiary/aromatic N) is 1. The van der Waals surface area contributed by atoms with E-state index in [1.807, 2.05) is 6.92 Å². The fraction of sp³-hybridized carbons (Fsp3) is 0.462. The number of benzene rings is 1. The van der Waals surface area contributed by atoms with E-state index >= 15 is 0 Å². The molecule has 2 N–H and O–H groups in total. The molecule has 0 spiro atoms. The van der Waals surface area contributed by atoms with E-state index in [0.29, 0.717) is 23.5 Å². The van der Waals surface area contributed by atoms with Gasteiger partial charge in [-0.1, -0.05) is 6.07 Å². The van der Waals surface area contributed by atoms with Crippen LogP contribution in [0.1, 0.15) is 23.7 Å². The molecule has 0 aliphatic carbocycles. The summed E-state index contributed by atoms with van der Waals surface area (Å²) in [6.07, 6.45) is 0.887. The van der Waals surface area contributed by atoms with Gasteiger partial charge in [0.2, 0.25) is 0 Å². The molecule has 0 saturated carbocycles. The fourth-order valence-electron chi connectivity index (χ4n) is 2.42. The van der Waals surface area contributed by atoms with E-state index in [9.17, 15) is 9.18 Å². The van der Waals surface area contributed by atoms with Crippen LogP contribution < -0.4 is 5.73 Å². The summed E-state index contributed by atoms with van der Waals surface area (Å²) in [5.41, 5.74) is 5.75. The van der Waals surface area contributed by atoms with E-state index in [1.165, 1.54) is 6.07 Å². The second-order valence-electron chi connectivity index (χ2n) is 4.75. The van der Waals surface area contributed by atoms with Gasteiger partial charge in [0.1, 0.15) is 5.82 Å². The Kier molecular flexibility index (Phi) is 4.02. The molecule has 3 nitrogen and oxygen atoms in total. The molecule has 1 aromatic carbocycles. The minimum atomic E-state index is -0.495. The molecule has 1 aromatic rings. The summed E-state index contributed by atoms with van der Waals surface area (Å²) in [4.78, 5) is 14.0. The topological polar surface area (TPSA) is 46.3 Å². The van der Waals surface area contributed by atoms with Crippen LogP contribution in [0.25, 0.3) is 0 Å². The third-order valence-corrected chi connectivity index (χ3v) is 4.05. The smallest absolute Gasteiger partial charge is 0.257 e. The van der Waals surface area contributed by atoms with Gasteiger partial charge in [0, 0.05) is 12.6 Å². The van der Waals surface area contributed by atoms with Gasteiger partial charge in [-0.05, 0) is 53.9 Å². The molecule has 0 radical (unpaired) electrons. The van der Waals surface area contributed by atoms with E-state index in [4.69, 9.17) is 5.73 Å². The van der Waals surface area contributed by atoms with Crippen molar-refractivity contribution >= 4 is 21.8 Å². The van der Waals surface area contributed by atoms with Crippen molar-refractivity contribution < 1.29 is 9.18 Å².